The van der Waals surface area contributed by atoms with Crippen LogP contribution in [0.2, 0.25) is 38.3 Å². The molecule has 10 heteroatoms. The number of rotatable bonds is 15. The molecule has 0 amide bonds. The second kappa shape index (κ2) is 13.5. The average molecular weight is 550 g/mol. The van der Waals surface area contributed by atoms with Gasteiger partial charge in [-0.2, -0.15) is 0 Å². The number of esters is 1. The van der Waals surface area contributed by atoms with Crippen molar-refractivity contribution in [3.63, 3.8) is 0 Å². The van der Waals surface area contributed by atoms with Crippen LogP contribution in [0.25, 0.3) is 0 Å². The number of hydrogen-bond donors (Lipinski definition) is 1. The van der Waals surface area contributed by atoms with E-state index >= 15 is 0 Å². The Morgan fingerprint density at radius 1 is 0.926 bits per heavy atom. The first-order valence-corrected chi connectivity index (χ1v) is 17.4. The zero-order chi connectivity index (χ0) is 21.1. The first kappa shape index (κ1) is 27.3. The molecule has 0 saturated carbocycles. The quantitative estimate of drug-likeness (QED) is 0.137. The second-order valence-corrected chi connectivity index (χ2v) is 18.6. The minimum atomic E-state index is -1.68. The molecule has 0 aliphatic rings. The summed E-state index contributed by atoms with van der Waals surface area (Å²) in [5.74, 6) is -1.75. The Labute approximate surface area is 182 Å². The van der Waals surface area contributed by atoms with Crippen LogP contribution in [0, 0.1) is 0 Å². The van der Waals surface area contributed by atoms with Gasteiger partial charge in [0.15, 0.2) is 16.6 Å². The minimum absolute atomic E-state index is 0.106. The van der Waals surface area contributed by atoms with E-state index in [1.165, 1.54) is 18.9 Å². The number of halogens is 2. The summed E-state index contributed by atoms with van der Waals surface area (Å²) in [5.41, 5.74) is 0. The summed E-state index contributed by atoms with van der Waals surface area (Å²) >= 11 is 5.94. The Morgan fingerprint density at radius 2 is 1.48 bits per heavy atom. The maximum Gasteiger partial charge on any atom is 0.321 e. The number of carbonyl (C=O) groups is 2. The topological polar surface area (TPSA) is 82.1 Å². The van der Waals surface area contributed by atoms with Gasteiger partial charge in [-0.25, -0.2) is 0 Å². The van der Waals surface area contributed by atoms with Gasteiger partial charge in [-0.05, 0) is 44.7 Å². The Bertz CT molecular complexity index is 463. The molecular formula is C17H34Br2O6Si2. The van der Waals surface area contributed by atoms with Crippen molar-refractivity contribution in [3.8, 4) is 0 Å². The molecule has 0 aromatic carbocycles. The van der Waals surface area contributed by atoms with Gasteiger partial charge in [0.25, 0.3) is 0 Å². The maximum atomic E-state index is 11.7. The summed E-state index contributed by atoms with van der Waals surface area (Å²) in [6.45, 7) is 12.4. The fourth-order valence-corrected chi connectivity index (χ4v) is 12.3. The van der Waals surface area contributed by atoms with E-state index in [0.29, 0.717) is 13.2 Å². The number of carbonyl (C=O) groups excluding carboxylic acids is 1. The molecule has 2 unspecified atom stereocenters. The van der Waals surface area contributed by atoms with Crippen LogP contribution in [0.15, 0.2) is 0 Å². The van der Waals surface area contributed by atoms with Crippen LogP contribution in [0.5, 0.6) is 0 Å². The first-order valence-electron chi connectivity index (χ1n) is 9.37. The van der Waals surface area contributed by atoms with E-state index in [1.807, 2.05) is 0 Å². The monoisotopic (exact) mass is 548 g/mol. The molecule has 0 spiro atoms. The average Bonchev–Trinajstić information content (AvgIpc) is 2.56. The maximum absolute atomic E-state index is 11.7. The van der Waals surface area contributed by atoms with Crippen LogP contribution >= 0.6 is 31.9 Å². The number of aliphatic carboxylic acids is 1. The van der Waals surface area contributed by atoms with Gasteiger partial charge in [-0.15, -0.1) is 0 Å². The van der Waals surface area contributed by atoms with Gasteiger partial charge < -0.3 is 18.7 Å². The smallest absolute Gasteiger partial charge is 0.321 e. The number of carboxylic acid groups (broad SMARTS) is 1. The lowest BCUT2D eigenvalue weighted by Gasteiger charge is -2.34. The third-order valence-corrected chi connectivity index (χ3v) is 14.0. The molecule has 0 bridgehead atoms. The predicted octanol–water partition coefficient (Wildman–Crippen LogP) is 4.77. The van der Waals surface area contributed by atoms with Crippen molar-refractivity contribution in [2.45, 2.75) is 74.1 Å². The van der Waals surface area contributed by atoms with Gasteiger partial charge in [0.05, 0.1) is 6.61 Å². The van der Waals surface area contributed by atoms with Crippen molar-refractivity contribution < 1.29 is 28.3 Å². The van der Waals surface area contributed by atoms with Crippen LogP contribution in [0.4, 0.5) is 0 Å². The molecule has 0 aliphatic heterocycles. The molecule has 0 fully saturated rings. The number of carboxylic acids is 1. The number of unbranched alkanes of at least 4 members (excludes halogenated alkanes) is 1. The Balaban J connectivity index is 3.93. The molecular weight excluding hydrogens is 516 g/mol. The van der Waals surface area contributed by atoms with Crippen molar-refractivity contribution in [3.05, 3.63) is 0 Å². The van der Waals surface area contributed by atoms with Crippen molar-refractivity contribution >= 4 is 60.4 Å². The highest BCUT2D eigenvalue weighted by molar-refractivity contribution is 9.12. The van der Waals surface area contributed by atoms with Crippen molar-refractivity contribution in [2.24, 2.45) is 0 Å². The van der Waals surface area contributed by atoms with Crippen LogP contribution in [-0.2, 0) is 23.2 Å². The lowest BCUT2D eigenvalue weighted by Crippen LogP contribution is -2.44. The zero-order valence-electron chi connectivity index (χ0n) is 17.1. The Hall–Kier alpha value is 0.254. The summed E-state index contributed by atoms with van der Waals surface area (Å²) in [5, 5.41) is 8.83. The molecule has 2 atom stereocenters. The first-order chi connectivity index (χ1) is 12.4. The lowest BCUT2D eigenvalue weighted by atomic mass is 10.3. The van der Waals surface area contributed by atoms with E-state index in [-0.39, 0.29) is 6.61 Å². The van der Waals surface area contributed by atoms with Crippen molar-refractivity contribution in [1.82, 2.24) is 0 Å². The summed E-state index contributed by atoms with van der Waals surface area (Å²) in [6.07, 6.45) is 3.38. The van der Waals surface area contributed by atoms with Crippen LogP contribution < -0.4 is 0 Å². The van der Waals surface area contributed by atoms with E-state index in [1.54, 1.807) is 0 Å². The summed E-state index contributed by atoms with van der Waals surface area (Å²) in [6, 6.07) is 2.26. The largest absolute Gasteiger partial charge is 0.480 e. The summed E-state index contributed by atoms with van der Waals surface area (Å²) in [7, 11) is -3.25. The third-order valence-electron chi connectivity index (χ3n) is 3.94. The molecule has 27 heavy (non-hydrogen) atoms. The van der Waals surface area contributed by atoms with Crippen LogP contribution in [0.1, 0.15) is 26.2 Å². The molecule has 0 aliphatic carbocycles. The van der Waals surface area contributed by atoms with E-state index in [4.69, 9.17) is 18.7 Å². The highest BCUT2D eigenvalue weighted by Crippen LogP contribution is 2.24. The normalized spacial score (nSPS) is 14.6. The lowest BCUT2D eigenvalue weighted by molar-refractivity contribution is -0.147. The summed E-state index contributed by atoms with van der Waals surface area (Å²) < 4.78 is 17.1. The van der Waals surface area contributed by atoms with Gasteiger partial charge in [0.2, 0.25) is 0 Å². The molecule has 0 saturated heterocycles. The van der Waals surface area contributed by atoms with Crippen molar-refractivity contribution in [1.29, 1.82) is 0 Å². The predicted molar refractivity (Wildman–Crippen MR) is 120 cm³/mol. The highest BCUT2D eigenvalue weighted by Gasteiger charge is 2.32. The third kappa shape index (κ3) is 13.2. The Kier molecular flexibility index (Phi) is 13.6. The highest BCUT2D eigenvalue weighted by atomic mass is 79.9. The fraction of sp³-hybridized carbons (Fsp3) is 0.882. The Morgan fingerprint density at radius 3 is 2.00 bits per heavy atom. The number of hydrogen-bond acceptors (Lipinski definition) is 5. The standard InChI is InChI=1S/C17H34Br2O6Si2/c1-6-7-12-26(2,3)25-27(4,5)13-8-9-23-10-11-24-17(22)15(19)14(18)16(20)21/h14-15H,6-13H2,1-5H3,(H,20,21). The molecule has 160 valence electrons. The molecule has 0 rings (SSSR count). The number of alkyl halides is 2. The fourth-order valence-electron chi connectivity index (χ4n) is 2.68. The SMILES string of the molecule is CCCC[Si](C)(C)O[Si](C)(C)CCCOCCOC(=O)C(Br)C(Br)C(=O)O. The van der Waals surface area contributed by atoms with Gasteiger partial charge in [0.1, 0.15) is 16.3 Å². The van der Waals surface area contributed by atoms with Crippen molar-refractivity contribution in [2.75, 3.05) is 19.8 Å². The second-order valence-electron chi connectivity index (χ2n) is 7.75. The van der Waals surface area contributed by atoms with Gasteiger partial charge in [0, 0.05) is 6.61 Å². The van der Waals surface area contributed by atoms with E-state index in [2.05, 4.69) is 65.0 Å². The molecule has 0 heterocycles. The molecule has 0 radical (unpaired) electrons. The van der Waals surface area contributed by atoms with Crippen LogP contribution in [-0.4, -0.2) is 63.2 Å². The molecule has 6 nitrogen and oxygen atoms in total. The zero-order valence-corrected chi connectivity index (χ0v) is 22.2. The number of ether oxygens (including phenoxy) is 2. The van der Waals surface area contributed by atoms with E-state index in [0.717, 1.165) is 12.5 Å². The van der Waals surface area contributed by atoms with Crippen LogP contribution in [0.3, 0.4) is 0 Å². The van der Waals surface area contributed by atoms with E-state index < -0.39 is 38.2 Å². The molecule has 0 aromatic rings. The molecule has 0 aromatic heterocycles. The summed E-state index contributed by atoms with van der Waals surface area (Å²) in [4.78, 5) is 20.5. The minimum Gasteiger partial charge on any atom is -0.480 e. The molecule has 1 N–H and O–H groups in total. The van der Waals surface area contributed by atoms with Gasteiger partial charge in [-0.3, -0.25) is 9.59 Å². The van der Waals surface area contributed by atoms with E-state index in [9.17, 15) is 9.59 Å². The van der Waals surface area contributed by atoms with Gasteiger partial charge in [-0.1, -0.05) is 51.6 Å². The van der Waals surface area contributed by atoms with Gasteiger partial charge >= 0.3 is 11.9 Å².